The van der Waals surface area contributed by atoms with E-state index in [0.717, 1.165) is 66.9 Å². The number of fused-ring (bicyclic) bond motifs is 1. The SMILES string of the molecule is CCC1Nc2c(N3CCOCC3)nnc(N3CCOCC3)c2N=C1c1ccccc1. The Morgan fingerprint density at radius 3 is 2.13 bits per heavy atom. The van der Waals surface area contributed by atoms with Gasteiger partial charge in [-0.1, -0.05) is 37.3 Å². The summed E-state index contributed by atoms with van der Waals surface area (Å²) in [6, 6.07) is 10.5. The molecule has 2 aromatic rings. The second-order valence-electron chi connectivity index (χ2n) is 7.74. The minimum Gasteiger partial charge on any atom is -0.378 e. The van der Waals surface area contributed by atoms with Crippen LogP contribution < -0.4 is 15.1 Å². The van der Waals surface area contributed by atoms with Gasteiger partial charge in [-0.25, -0.2) is 4.99 Å². The van der Waals surface area contributed by atoms with Crippen LogP contribution in [-0.4, -0.2) is 74.6 Å². The number of morpholine rings is 2. The van der Waals surface area contributed by atoms with Crippen molar-refractivity contribution < 1.29 is 9.47 Å². The molecule has 3 aliphatic heterocycles. The number of aliphatic imine (C=N–C) groups is 1. The fraction of sp³-hybridized carbons (Fsp3) is 0.500. The van der Waals surface area contributed by atoms with Crippen LogP contribution in [0.1, 0.15) is 18.9 Å². The first-order chi connectivity index (χ1) is 14.8. The Morgan fingerprint density at radius 2 is 1.50 bits per heavy atom. The van der Waals surface area contributed by atoms with Crippen molar-refractivity contribution in [2.75, 3.05) is 67.7 Å². The molecule has 8 heteroatoms. The third-order valence-electron chi connectivity index (χ3n) is 5.89. The van der Waals surface area contributed by atoms with Gasteiger partial charge in [0.15, 0.2) is 11.6 Å². The second-order valence-corrected chi connectivity index (χ2v) is 7.74. The topological polar surface area (TPSA) is 75.1 Å². The summed E-state index contributed by atoms with van der Waals surface area (Å²) in [6.45, 7) is 8.21. The summed E-state index contributed by atoms with van der Waals surface area (Å²) in [6.07, 6.45) is 0.935. The lowest BCUT2D eigenvalue weighted by molar-refractivity contribution is 0.121. The molecule has 1 unspecified atom stereocenters. The number of nitrogens with zero attached hydrogens (tertiary/aromatic N) is 5. The number of rotatable bonds is 4. The number of benzene rings is 1. The van der Waals surface area contributed by atoms with E-state index in [0.29, 0.717) is 26.4 Å². The molecule has 1 atom stereocenters. The first kappa shape index (κ1) is 19.3. The van der Waals surface area contributed by atoms with Gasteiger partial charge in [0.2, 0.25) is 0 Å². The average Bonchev–Trinajstić information content (AvgIpc) is 2.84. The average molecular weight is 409 g/mol. The zero-order valence-corrected chi connectivity index (χ0v) is 17.4. The van der Waals surface area contributed by atoms with Crippen LogP contribution >= 0.6 is 0 Å². The maximum atomic E-state index is 5.55. The van der Waals surface area contributed by atoms with Crippen LogP contribution in [0.5, 0.6) is 0 Å². The number of nitrogens with one attached hydrogen (secondary N) is 1. The zero-order valence-electron chi connectivity index (χ0n) is 17.4. The van der Waals surface area contributed by atoms with Crippen molar-refractivity contribution in [3.8, 4) is 0 Å². The molecule has 0 aliphatic carbocycles. The van der Waals surface area contributed by atoms with Crippen molar-refractivity contribution in [3.05, 3.63) is 35.9 Å². The molecule has 2 fully saturated rings. The van der Waals surface area contributed by atoms with Crippen molar-refractivity contribution >= 4 is 28.7 Å². The molecule has 4 heterocycles. The first-order valence-electron chi connectivity index (χ1n) is 10.8. The summed E-state index contributed by atoms with van der Waals surface area (Å²) >= 11 is 0. The summed E-state index contributed by atoms with van der Waals surface area (Å²) in [5.74, 6) is 1.71. The number of hydrogen-bond acceptors (Lipinski definition) is 8. The molecule has 0 amide bonds. The zero-order chi connectivity index (χ0) is 20.3. The van der Waals surface area contributed by atoms with Crippen molar-refractivity contribution in [3.63, 3.8) is 0 Å². The molecule has 5 rings (SSSR count). The standard InChI is InChI=1S/C22H28N6O2/c1-2-17-18(16-6-4-3-5-7-16)24-20-19(23-17)21(27-8-12-29-13-9-27)25-26-22(20)28-10-14-30-15-11-28/h3-7,17,23H,2,8-15H2,1H3. The van der Waals surface area contributed by atoms with Gasteiger partial charge in [-0.3, -0.25) is 0 Å². The van der Waals surface area contributed by atoms with Crippen LogP contribution in [0.2, 0.25) is 0 Å². The highest BCUT2D eigenvalue weighted by molar-refractivity contribution is 6.11. The highest BCUT2D eigenvalue weighted by atomic mass is 16.5. The summed E-state index contributed by atoms with van der Waals surface area (Å²) in [5, 5.41) is 13.1. The van der Waals surface area contributed by atoms with Gasteiger partial charge in [-0.15, -0.1) is 10.2 Å². The minimum absolute atomic E-state index is 0.126. The largest absolute Gasteiger partial charge is 0.378 e. The van der Waals surface area contributed by atoms with E-state index in [1.54, 1.807) is 0 Å². The number of ether oxygens (including phenoxy) is 2. The van der Waals surface area contributed by atoms with E-state index in [-0.39, 0.29) is 6.04 Å². The van der Waals surface area contributed by atoms with E-state index >= 15 is 0 Å². The Labute approximate surface area is 176 Å². The van der Waals surface area contributed by atoms with Gasteiger partial charge < -0.3 is 24.6 Å². The van der Waals surface area contributed by atoms with Crippen LogP contribution in [0.4, 0.5) is 23.0 Å². The molecule has 2 saturated heterocycles. The Kier molecular flexibility index (Phi) is 5.50. The first-order valence-corrected chi connectivity index (χ1v) is 10.8. The van der Waals surface area contributed by atoms with Crippen LogP contribution in [0.3, 0.4) is 0 Å². The normalized spacial score (nSPS) is 21.6. The summed E-state index contributed by atoms with van der Waals surface area (Å²) < 4.78 is 11.1. The van der Waals surface area contributed by atoms with Gasteiger partial charge in [0.1, 0.15) is 11.4 Å². The minimum atomic E-state index is 0.126. The second kappa shape index (κ2) is 8.57. The Bertz CT molecular complexity index is 907. The van der Waals surface area contributed by atoms with E-state index in [1.807, 2.05) is 6.07 Å². The highest BCUT2D eigenvalue weighted by Crippen LogP contribution is 2.44. The van der Waals surface area contributed by atoms with E-state index in [2.05, 4.69) is 56.5 Å². The predicted molar refractivity (Wildman–Crippen MR) is 118 cm³/mol. The van der Waals surface area contributed by atoms with Gasteiger partial charge in [0, 0.05) is 26.2 Å². The van der Waals surface area contributed by atoms with Gasteiger partial charge in [0.25, 0.3) is 0 Å². The number of hydrogen-bond donors (Lipinski definition) is 1. The van der Waals surface area contributed by atoms with Crippen molar-refractivity contribution in [2.45, 2.75) is 19.4 Å². The fourth-order valence-corrected chi connectivity index (χ4v) is 4.24. The molecule has 1 aromatic heterocycles. The van der Waals surface area contributed by atoms with E-state index in [1.165, 1.54) is 0 Å². The maximum Gasteiger partial charge on any atom is 0.179 e. The molecule has 0 bridgehead atoms. The number of aromatic nitrogens is 2. The van der Waals surface area contributed by atoms with E-state index in [9.17, 15) is 0 Å². The summed E-state index contributed by atoms with van der Waals surface area (Å²) in [4.78, 5) is 9.70. The van der Waals surface area contributed by atoms with Gasteiger partial charge in [-0.2, -0.15) is 0 Å². The lowest BCUT2D eigenvalue weighted by Gasteiger charge is -2.35. The van der Waals surface area contributed by atoms with Crippen LogP contribution in [0, 0.1) is 0 Å². The summed E-state index contributed by atoms with van der Waals surface area (Å²) in [5.41, 5.74) is 4.07. The quantitative estimate of drug-likeness (QED) is 0.833. The van der Waals surface area contributed by atoms with Gasteiger partial charge in [-0.05, 0) is 12.0 Å². The van der Waals surface area contributed by atoms with Crippen molar-refractivity contribution in [2.24, 2.45) is 4.99 Å². The van der Waals surface area contributed by atoms with Crippen LogP contribution in [0.15, 0.2) is 35.3 Å². The lowest BCUT2D eigenvalue weighted by Crippen LogP contribution is -2.41. The molecule has 0 spiro atoms. The highest BCUT2D eigenvalue weighted by Gasteiger charge is 2.31. The fourth-order valence-electron chi connectivity index (χ4n) is 4.24. The molecular formula is C22H28N6O2. The van der Waals surface area contributed by atoms with Gasteiger partial charge in [0.05, 0.1) is 38.2 Å². The third-order valence-corrected chi connectivity index (χ3v) is 5.89. The predicted octanol–water partition coefficient (Wildman–Crippen LogP) is 2.47. The molecule has 158 valence electrons. The Hall–Kier alpha value is -2.71. The van der Waals surface area contributed by atoms with Gasteiger partial charge >= 0.3 is 0 Å². The maximum absolute atomic E-state index is 5.55. The Morgan fingerprint density at radius 1 is 0.900 bits per heavy atom. The molecule has 8 nitrogen and oxygen atoms in total. The summed E-state index contributed by atoms with van der Waals surface area (Å²) in [7, 11) is 0. The van der Waals surface area contributed by atoms with Crippen LogP contribution in [-0.2, 0) is 9.47 Å². The molecule has 1 aromatic carbocycles. The molecule has 3 aliphatic rings. The van der Waals surface area contributed by atoms with Crippen LogP contribution in [0.25, 0.3) is 0 Å². The van der Waals surface area contributed by atoms with Crippen molar-refractivity contribution in [1.82, 2.24) is 10.2 Å². The Balaban J connectivity index is 1.64. The van der Waals surface area contributed by atoms with E-state index in [4.69, 9.17) is 14.5 Å². The third kappa shape index (κ3) is 3.61. The number of anilines is 3. The molecular weight excluding hydrogens is 380 g/mol. The van der Waals surface area contributed by atoms with E-state index < -0.39 is 0 Å². The smallest absolute Gasteiger partial charge is 0.179 e. The molecule has 1 N–H and O–H groups in total. The molecule has 30 heavy (non-hydrogen) atoms. The molecule has 0 saturated carbocycles. The molecule has 0 radical (unpaired) electrons. The van der Waals surface area contributed by atoms with Crippen molar-refractivity contribution in [1.29, 1.82) is 0 Å². The monoisotopic (exact) mass is 408 g/mol. The lowest BCUT2D eigenvalue weighted by atomic mass is 9.98.